The van der Waals surface area contributed by atoms with Crippen molar-refractivity contribution in [2.75, 3.05) is 19.0 Å². The zero-order valence-electron chi connectivity index (χ0n) is 16.5. The fourth-order valence-corrected chi connectivity index (χ4v) is 3.82. The van der Waals surface area contributed by atoms with E-state index in [4.69, 9.17) is 4.74 Å². The van der Waals surface area contributed by atoms with Gasteiger partial charge in [-0.2, -0.15) is 0 Å². The Morgan fingerprint density at radius 2 is 1.89 bits per heavy atom. The van der Waals surface area contributed by atoms with Crippen LogP contribution in [0.5, 0.6) is 5.75 Å². The lowest BCUT2D eigenvalue weighted by Crippen LogP contribution is -2.43. The highest BCUT2D eigenvalue weighted by molar-refractivity contribution is 5.91. The van der Waals surface area contributed by atoms with Crippen molar-refractivity contribution in [2.24, 2.45) is 0 Å². The molecule has 1 aliphatic carbocycles. The van der Waals surface area contributed by atoms with E-state index in [-0.39, 0.29) is 18.2 Å². The maximum atomic E-state index is 13.1. The number of amides is 2. The van der Waals surface area contributed by atoms with Crippen molar-refractivity contribution in [3.63, 3.8) is 0 Å². The first kappa shape index (κ1) is 19.9. The lowest BCUT2D eigenvalue weighted by Gasteiger charge is -2.28. The summed E-state index contributed by atoms with van der Waals surface area (Å²) in [5.74, 6) is 1.10. The van der Waals surface area contributed by atoms with Gasteiger partial charge in [0.05, 0.1) is 12.5 Å². The number of pyridine rings is 1. The van der Waals surface area contributed by atoms with E-state index in [2.05, 4.69) is 15.6 Å². The molecule has 0 atom stereocenters. The van der Waals surface area contributed by atoms with Gasteiger partial charge in [0, 0.05) is 18.7 Å². The Kier molecular flexibility index (Phi) is 6.29. The van der Waals surface area contributed by atoms with Crippen LogP contribution in [0.2, 0.25) is 0 Å². The van der Waals surface area contributed by atoms with Crippen LogP contribution in [0.4, 0.5) is 5.82 Å². The van der Waals surface area contributed by atoms with E-state index in [1.54, 1.807) is 13.2 Å². The van der Waals surface area contributed by atoms with Crippen molar-refractivity contribution < 1.29 is 14.3 Å². The second-order valence-electron chi connectivity index (χ2n) is 7.24. The Morgan fingerprint density at radius 1 is 1.14 bits per heavy atom. The van der Waals surface area contributed by atoms with Gasteiger partial charge in [0.15, 0.2) is 0 Å². The highest BCUT2D eigenvalue weighted by Crippen LogP contribution is 2.42. The van der Waals surface area contributed by atoms with Gasteiger partial charge in [-0.05, 0) is 49.6 Å². The number of aryl methyl sites for hydroxylation is 1. The third-order valence-electron chi connectivity index (χ3n) is 5.31. The quantitative estimate of drug-likeness (QED) is 0.771. The molecule has 1 aromatic carbocycles. The highest BCUT2D eigenvalue weighted by Gasteiger charge is 2.42. The van der Waals surface area contributed by atoms with Crippen LogP contribution >= 0.6 is 0 Å². The Bertz CT molecular complexity index is 844. The van der Waals surface area contributed by atoms with Gasteiger partial charge in [0.1, 0.15) is 11.6 Å². The standard InChI is InChI=1S/C22H27N3O3/c1-16-7-5-10-19(24-16)25-20(26)11-14-23-21(27)22(12-3-4-13-22)17-8-6-9-18(15-17)28-2/h5-10,15H,3-4,11-14H2,1-2H3,(H,23,27)(H,24,25,26). The minimum atomic E-state index is -0.539. The monoisotopic (exact) mass is 381 g/mol. The first-order chi connectivity index (χ1) is 13.5. The van der Waals surface area contributed by atoms with Gasteiger partial charge in [0.2, 0.25) is 11.8 Å². The van der Waals surface area contributed by atoms with Crippen LogP contribution in [0.3, 0.4) is 0 Å². The highest BCUT2D eigenvalue weighted by atomic mass is 16.5. The van der Waals surface area contributed by atoms with E-state index in [9.17, 15) is 9.59 Å². The summed E-state index contributed by atoms with van der Waals surface area (Å²) in [6.07, 6.45) is 3.86. The van der Waals surface area contributed by atoms with Gasteiger partial charge < -0.3 is 15.4 Å². The maximum absolute atomic E-state index is 13.1. The topological polar surface area (TPSA) is 80.3 Å². The molecule has 28 heavy (non-hydrogen) atoms. The van der Waals surface area contributed by atoms with Gasteiger partial charge in [0.25, 0.3) is 0 Å². The summed E-state index contributed by atoms with van der Waals surface area (Å²) in [7, 11) is 1.63. The molecule has 2 N–H and O–H groups in total. The van der Waals surface area contributed by atoms with Crippen LogP contribution in [0.25, 0.3) is 0 Å². The largest absolute Gasteiger partial charge is 0.497 e. The predicted molar refractivity (Wildman–Crippen MR) is 108 cm³/mol. The van der Waals surface area contributed by atoms with Crippen molar-refractivity contribution >= 4 is 17.6 Å². The summed E-state index contributed by atoms with van der Waals surface area (Å²) >= 11 is 0. The fourth-order valence-electron chi connectivity index (χ4n) is 3.82. The van der Waals surface area contributed by atoms with Crippen molar-refractivity contribution in [1.82, 2.24) is 10.3 Å². The number of benzene rings is 1. The summed E-state index contributed by atoms with van der Waals surface area (Å²) < 4.78 is 5.33. The van der Waals surface area contributed by atoms with E-state index < -0.39 is 5.41 Å². The lowest BCUT2D eigenvalue weighted by atomic mass is 9.78. The molecular weight excluding hydrogens is 354 g/mol. The molecule has 2 aromatic rings. The summed E-state index contributed by atoms with van der Waals surface area (Å²) in [6, 6.07) is 13.2. The molecule has 6 nitrogen and oxygen atoms in total. The van der Waals surface area contributed by atoms with Gasteiger partial charge >= 0.3 is 0 Å². The van der Waals surface area contributed by atoms with Gasteiger partial charge in [-0.15, -0.1) is 0 Å². The van der Waals surface area contributed by atoms with Crippen LogP contribution in [-0.4, -0.2) is 30.5 Å². The second kappa shape index (κ2) is 8.87. The van der Waals surface area contributed by atoms with E-state index >= 15 is 0 Å². The van der Waals surface area contributed by atoms with E-state index in [1.807, 2.05) is 43.3 Å². The SMILES string of the molecule is COc1cccc(C2(C(=O)NCCC(=O)Nc3cccc(C)n3)CCCC2)c1. The Labute approximate surface area is 165 Å². The molecule has 6 heteroatoms. The molecule has 1 fully saturated rings. The Hall–Kier alpha value is -2.89. The average molecular weight is 381 g/mol. The third-order valence-corrected chi connectivity index (χ3v) is 5.31. The van der Waals surface area contributed by atoms with Gasteiger partial charge in [-0.3, -0.25) is 9.59 Å². The Morgan fingerprint density at radius 3 is 2.61 bits per heavy atom. The van der Waals surface area contributed by atoms with Crippen molar-refractivity contribution in [3.05, 3.63) is 53.7 Å². The Balaban J connectivity index is 1.59. The van der Waals surface area contributed by atoms with Crippen LogP contribution in [0.1, 0.15) is 43.4 Å². The number of nitrogens with zero attached hydrogens (tertiary/aromatic N) is 1. The van der Waals surface area contributed by atoms with Gasteiger partial charge in [-0.1, -0.05) is 31.0 Å². The minimum Gasteiger partial charge on any atom is -0.497 e. The number of aromatic nitrogens is 1. The van der Waals surface area contributed by atoms with Crippen LogP contribution in [-0.2, 0) is 15.0 Å². The molecular formula is C22H27N3O3. The normalized spacial score (nSPS) is 15.1. The van der Waals surface area contributed by atoms with Gasteiger partial charge in [-0.25, -0.2) is 4.98 Å². The number of hydrogen-bond donors (Lipinski definition) is 2. The summed E-state index contributed by atoms with van der Waals surface area (Å²) in [5, 5.41) is 5.73. The fraction of sp³-hybridized carbons (Fsp3) is 0.409. The summed E-state index contributed by atoms with van der Waals surface area (Å²) in [4.78, 5) is 29.5. The molecule has 0 radical (unpaired) electrons. The second-order valence-corrected chi connectivity index (χ2v) is 7.24. The zero-order valence-corrected chi connectivity index (χ0v) is 16.5. The molecule has 148 valence electrons. The van der Waals surface area contributed by atoms with Crippen LogP contribution < -0.4 is 15.4 Å². The van der Waals surface area contributed by atoms with E-state index in [0.717, 1.165) is 42.7 Å². The first-order valence-electron chi connectivity index (χ1n) is 9.70. The first-order valence-corrected chi connectivity index (χ1v) is 9.70. The molecule has 0 unspecified atom stereocenters. The smallest absolute Gasteiger partial charge is 0.230 e. The number of nitrogens with one attached hydrogen (secondary N) is 2. The molecule has 0 bridgehead atoms. The number of hydrogen-bond acceptors (Lipinski definition) is 4. The van der Waals surface area contributed by atoms with Crippen molar-refractivity contribution in [2.45, 2.75) is 44.4 Å². The molecule has 1 heterocycles. The number of carbonyl (C=O) groups is 2. The molecule has 0 saturated heterocycles. The number of carbonyl (C=O) groups excluding carboxylic acids is 2. The third kappa shape index (κ3) is 4.50. The van der Waals surface area contributed by atoms with Crippen LogP contribution in [0, 0.1) is 6.92 Å². The van der Waals surface area contributed by atoms with E-state index in [0.29, 0.717) is 12.4 Å². The average Bonchev–Trinajstić information content (AvgIpc) is 3.19. The van der Waals surface area contributed by atoms with Crippen molar-refractivity contribution in [1.29, 1.82) is 0 Å². The molecule has 0 aliphatic heterocycles. The lowest BCUT2D eigenvalue weighted by molar-refractivity contribution is -0.126. The number of ether oxygens (including phenoxy) is 1. The summed E-state index contributed by atoms with van der Waals surface area (Å²) in [6.45, 7) is 2.16. The van der Waals surface area contributed by atoms with Crippen molar-refractivity contribution in [3.8, 4) is 5.75 Å². The molecule has 3 rings (SSSR count). The number of rotatable bonds is 7. The molecule has 1 saturated carbocycles. The minimum absolute atomic E-state index is 0.0141. The molecule has 2 amide bonds. The molecule has 1 aromatic heterocycles. The van der Waals surface area contributed by atoms with Crippen LogP contribution in [0.15, 0.2) is 42.5 Å². The zero-order chi connectivity index (χ0) is 20.0. The van der Waals surface area contributed by atoms with E-state index in [1.165, 1.54) is 0 Å². The number of methoxy groups -OCH3 is 1. The molecule has 1 aliphatic rings. The summed E-state index contributed by atoms with van der Waals surface area (Å²) in [5.41, 5.74) is 1.28. The predicted octanol–water partition coefficient (Wildman–Crippen LogP) is 3.36. The number of anilines is 1. The maximum Gasteiger partial charge on any atom is 0.230 e. The molecule has 0 spiro atoms.